The number of hydrogen-bond donors (Lipinski definition) is 0. The maximum atomic E-state index is 9.00. The van der Waals surface area contributed by atoms with Gasteiger partial charge in [-0.3, -0.25) is 0 Å². The van der Waals surface area contributed by atoms with Crippen LogP contribution < -0.4 is 0 Å². The Morgan fingerprint density at radius 1 is 1.31 bits per heavy atom. The van der Waals surface area contributed by atoms with Gasteiger partial charge in [-0.05, 0) is 38.4 Å². The van der Waals surface area contributed by atoms with E-state index in [4.69, 9.17) is 9.69 Å². The Morgan fingerprint density at radius 2 is 1.85 bits per heavy atom. The molecule has 0 aromatic rings. The molecule has 0 spiro atoms. The summed E-state index contributed by atoms with van der Waals surface area (Å²) >= 11 is 0. The van der Waals surface area contributed by atoms with Gasteiger partial charge in [0.25, 0.3) is 0 Å². The van der Waals surface area contributed by atoms with Gasteiger partial charge in [0.1, 0.15) is 6.10 Å². The minimum absolute atomic E-state index is 0.130. The molecule has 1 unspecified atom stereocenters. The molecule has 0 aliphatic heterocycles. The lowest BCUT2D eigenvalue weighted by molar-refractivity contribution is 0.180. The third-order valence-electron chi connectivity index (χ3n) is 2.44. The zero-order valence-electron chi connectivity index (χ0n) is 8.84. The Hall–Kier alpha value is -0.333. The van der Waals surface area contributed by atoms with Gasteiger partial charge in [-0.25, -0.2) is 0 Å². The largest absolute Gasteiger partial charge is 0.402 e. The van der Waals surface area contributed by atoms with E-state index in [0.29, 0.717) is 5.92 Å². The highest BCUT2D eigenvalue weighted by Crippen LogP contribution is 2.30. The monoisotopic (exact) mass is 197 g/mol. The molecule has 0 amide bonds. The van der Waals surface area contributed by atoms with Crippen LogP contribution in [0, 0.1) is 17.2 Å². The van der Waals surface area contributed by atoms with Crippen LogP contribution in [0.3, 0.4) is 0 Å². The summed E-state index contributed by atoms with van der Waals surface area (Å²) in [6.45, 7) is 6.44. The summed E-state index contributed by atoms with van der Waals surface area (Å²) in [6, 6.07) is 2.31. The van der Waals surface area contributed by atoms with Crippen molar-refractivity contribution in [3.05, 3.63) is 0 Å². The zero-order chi connectivity index (χ0) is 9.90. The molecule has 1 fully saturated rings. The second-order valence-corrected chi connectivity index (χ2v) is 9.28. The standard InChI is InChI=1S/C10H19NOSi/c1-13(2,3)12-10(8-11)9-6-4-5-7-9/h9-10H,4-7H2,1-3H3. The molecule has 0 N–H and O–H groups in total. The average molecular weight is 197 g/mol. The van der Waals surface area contributed by atoms with Gasteiger partial charge < -0.3 is 4.43 Å². The van der Waals surface area contributed by atoms with E-state index in [1.807, 2.05) is 0 Å². The Balaban J connectivity index is 2.48. The van der Waals surface area contributed by atoms with Crippen LogP contribution in [0.1, 0.15) is 25.7 Å². The Labute approximate surface area is 82.0 Å². The molecule has 0 bridgehead atoms. The Bertz CT molecular complexity index is 198. The lowest BCUT2D eigenvalue weighted by atomic mass is 10.0. The van der Waals surface area contributed by atoms with Gasteiger partial charge in [-0.1, -0.05) is 12.8 Å². The number of hydrogen-bond acceptors (Lipinski definition) is 2. The SMILES string of the molecule is C[Si](C)(C)OC(C#N)C1CCCC1. The van der Waals surface area contributed by atoms with Gasteiger partial charge in [0.2, 0.25) is 0 Å². The van der Waals surface area contributed by atoms with Gasteiger partial charge in [0.05, 0.1) is 6.07 Å². The fourth-order valence-electron chi connectivity index (χ4n) is 1.87. The third kappa shape index (κ3) is 3.49. The van der Waals surface area contributed by atoms with Crippen LogP contribution in [0.25, 0.3) is 0 Å². The van der Waals surface area contributed by atoms with E-state index in [9.17, 15) is 0 Å². The van der Waals surface area contributed by atoms with Crippen molar-refractivity contribution >= 4 is 8.32 Å². The van der Waals surface area contributed by atoms with Crippen molar-refractivity contribution in [1.82, 2.24) is 0 Å². The lowest BCUT2D eigenvalue weighted by Gasteiger charge is -2.25. The highest BCUT2D eigenvalue weighted by Gasteiger charge is 2.29. The van der Waals surface area contributed by atoms with Crippen molar-refractivity contribution in [2.75, 3.05) is 0 Å². The number of nitriles is 1. The van der Waals surface area contributed by atoms with E-state index < -0.39 is 8.32 Å². The first kappa shape index (κ1) is 10.7. The quantitative estimate of drug-likeness (QED) is 0.652. The first-order valence-corrected chi connectivity index (χ1v) is 8.51. The van der Waals surface area contributed by atoms with Crippen LogP contribution >= 0.6 is 0 Å². The summed E-state index contributed by atoms with van der Waals surface area (Å²) in [5, 5.41) is 9.00. The summed E-state index contributed by atoms with van der Waals surface area (Å²) in [7, 11) is -1.53. The van der Waals surface area contributed by atoms with Gasteiger partial charge in [-0.2, -0.15) is 5.26 Å². The fourth-order valence-corrected chi connectivity index (χ4v) is 2.88. The predicted octanol–water partition coefficient (Wildman–Crippen LogP) is 2.92. The summed E-state index contributed by atoms with van der Waals surface area (Å²) in [5.41, 5.74) is 0. The Morgan fingerprint density at radius 3 is 2.23 bits per heavy atom. The molecule has 1 rings (SSSR count). The molecule has 1 aliphatic carbocycles. The van der Waals surface area contributed by atoms with Gasteiger partial charge in [-0.15, -0.1) is 0 Å². The van der Waals surface area contributed by atoms with E-state index in [0.717, 1.165) is 0 Å². The van der Waals surface area contributed by atoms with Crippen molar-refractivity contribution in [2.24, 2.45) is 5.92 Å². The van der Waals surface area contributed by atoms with Crippen LogP contribution in [0.5, 0.6) is 0 Å². The smallest absolute Gasteiger partial charge is 0.185 e. The molecule has 74 valence electrons. The molecule has 1 saturated carbocycles. The maximum Gasteiger partial charge on any atom is 0.185 e. The van der Waals surface area contributed by atoms with Gasteiger partial charge in [0.15, 0.2) is 8.32 Å². The third-order valence-corrected chi connectivity index (χ3v) is 3.40. The van der Waals surface area contributed by atoms with Gasteiger partial charge >= 0.3 is 0 Å². The van der Waals surface area contributed by atoms with Crippen molar-refractivity contribution in [2.45, 2.75) is 51.4 Å². The van der Waals surface area contributed by atoms with Gasteiger partial charge in [0, 0.05) is 0 Å². The molecule has 1 atom stereocenters. The number of nitrogens with zero attached hydrogens (tertiary/aromatic N) is 1. The fraction of sp³-hybridized carbons (Fsp3) is 0.900. The topological polar surface area (TPSA) is 33.0 Å². The summed E-state index contributed by atoms with van der Waals surface area (Å²) in [4.78, 5) is 0. The second kappa shape index (κ2) is 4.25. The molecule has 0 aromatic heterocycles. The van der Waals surface area contributed by atoms with E-state index in [1.54, 1.807) is 0 Å². The predicted molar refractivity (Wildman–Crippen MR) is 55.8 cm³/mol. The molecule has 2 nitrogen and oxygen atoms in total. The van der Waals surface area contributed by atoms with E-state index >= 15 is 0 Å². The molecular formula is C10H19NOSi. The van der Waals surface area contributed by atoms with E-state index in [-0.39, 0.29) is 6.10 Å². The maximum absolute atomic E-state index is 9.00. The Kier molecular flexibility index (Phi) is 3.52. The molecule has 3 heteroatoms. The van der Waals surface area contributed by atoms with Crippen LogP contribution in [0.4, 0.5) is 0 Å². The minimum atomic E-state index is -1.53. The molecule has 1 aliphatic rings. The van der Waals surface area contributed by atoms with Crippen molar-refractivity contribution in [3.8, 4) is 6.07 Å². The highest BCUT2D eigenvalue weighted by atomic mass is 28.4. The lowest BCUT2D eigenvalue weighted by Crippen LogP contribution is -2.34. The van der Waals surface area contributed by atoms with Crippen molar-refractivity contribution in [1.29, 1.82) is 5.26 Å². The van der Waals surface area contributed by atoms with Crippen LogP contribution in [0.15, 0.2) is 0 Å². The number of rotatable bonds is 3. The van der Waals surface area contributed by atoms with Crippen LogP contribution in [-0.4, -0.2) is 14.4 Å². The first-order valence-electron chi connectivity index (χ1n) is 5.10. The summed E-state index contributed by atoms with van der Waals surface area (Å²) in [5.74, 6) is 0.511. The van der Waals surface area contributed by atoms with Crippen molar-refractivity contribution < 1.29 is 4.43 Å². The molecule has 0 saturated heterocycles. The normalized spacial score (nSPS) is 21.4. The van der Waals surface area contributed by atoms with E-state index in [1.165, 1.54) is 25.7 Å². The molecule has 0 radical (unpaired) electrons. The summed E-state index contributed by atoms with van der Waals surface area (Å²) < 4.78 is 5.85. The van der Waals surface area contributed by atoms with Crippen molar-refractivity contribution in [3.63, 3.8) is 0 Å². The minimum Gasteiger partial charge on any atom is -0.402 e. The average Bonchev–Trinajstić information content (AvgIpc) is 2.50. The molecule has 0 aromatic carbocycles. The molecule has 0 heterocycles. The second-order valence-electron chi connectivity index (χ2n) is 4.82. The molecular weight excluding hydrogens is 178 g/mol. The van der Waals surface area contributed by atoms with Crippen LogP contribution in [0.2, 0.25) is 19.6 Å². The molecule has 13 heavy (non-hydrogen) atoms. The van der Waals surface area contributed by atoms with E-state index in [2.05, 4.69) is 25.7 Å². The first-order chi connectivity index (χ1) is 6.03. The van der Waals surface area contributed by atoms with Crippen LogP contribution in [-0.2, 0) is 4.43 Å². The summed E-state index contributed by atoms with van der Waals surface area (Å²) in [6.07, 6.45) is 4.79. The highest BCUT2D eigenvalue weighted by molar-refractivity contribution is 6.69. The zero-order valence-corrected chi connectivity index (χ0v) is 9.84.